The van der Waals surface area contributed by atoms with Crippen molar-refractivity contribution in [2.45, 2.75) is 4.90 Å². The van der Waals surface area contributed by atoms with Crippen molar-refractivity contribution < 1.29 is 28.7 Å². The van der Waals surface area contributed by atoms with Gasteiger partial charge in [-0.3, -0.25) is 14.5 Å². The first-order chi connectivity index (χ1) is 15.0. The summed E-state index contributed by atoms with van der Waals surface area (Å²) in [5, 5.41) is 5.27. The van der Waals surface area contributed by atoms with Crippen LogP contribution in [0.3, 0.4) is 0 Å². The molecule has 10 heteroatoms. The molecule has 9 nitrogen and oxygen atoms in total. The largest absolute Gasteiger partial charge is 0.497 e. The van der Waals surface area contributed by atoms with E-state index >= 15 is 0 Å². The molecule has 1 aliphatic rings. The third-order valence-corrected chi connectivity index (χ3v) is 5.38. The molecule has 2 aromatic carbocycles. The van der Waals surface area contributed by atoms with E-state index in [4.69, 9.17) is 9.47 Å². The van der Waals surface area contributed by atoms with Crippen LogP contribution in [-0.4, -0.2) is 61.3 Å². The Morgan fingerprint density at radius 1 is 1.16 bits per heavy atom. The van der Waals surface area contributed by atoms with Crippen molar-refractivity contribution in [1.29, 1.82) is 0 Å². The zero-order chi connectivity index (χ0) is 22.2. The van der Waals surface area contributed by atoms with E-state index in [1.54, 1.807) is 55.6 Å². The number of amides is 4. The smallest absolute Gasteiger partial charge is 0.339 e. The van der Waals surface area contributed by atoms with Crippen LogP contribution in [0, 0.1) is 0 Å². The monoisotopic (exact) mass is 443 g/mol. The van der Waals surface area contributed by atoms with Gasteiger partial charge >= 0.3 is 12.0 Å². The third kappa shape index (κ3) is 5.98. The summed E-state index contributed by atoms with van der Waals surface area (Å²) >= 11 is 1.17. The molecule has 1 saturated heterocycles. The Labute approximate surface area is 183 Å². The first-order valence-corrected chi connectivity index (χ1v) is 10.4. The van der Waals surface area contributed by atoms with E-state index in [1.165, 1.54) is 11.8 Å². The fraction of sp³-hybridized carbons (Fsp3) is 0.238. The summed E-state index contributed by atoms with van der Waals surface area (Å²) in [5.74, 6) is -0.861. The summed E-state index contributed by atoms with van der Waals surface area (Å²) in [6.45, 7) is 0.0709. The number of esters is 1. The van der Waals surface area contributed by atoms with Crippen LogP contribution in [0.2, 0.25) is 0 Å². The molecule has 1 fully saturated rings. The van der Waals surface area contributed by atoms with Crippen LogP contribution in [0.1, 0.15) is 10.4 Å². The maximum atomic E-state index is 12.5. The molecule has 0 saturated carbocycles. The highest BCUT2D eigenvalue weighted by atomic mass is 32.2. The van der Waals surface area contributed by atoms with Gasteiger partial charge in [0.25, 0.3) is 5.91 Å². The molecule has 2 aromatic rings. The lowest BCUT2D eigenvalue weighted by molar-refractivity contribution is -0.130. The van der Waals surface area contributed by atoms with E-state index in [2.05, 4.69) is 10.6 Å². The third-order valence-electron chi connectivity index (χ3n) is 4.30. The van der Waals surface area contributed by atoms with Crippen LogP contribution in [0.25, 0.3) is 0 Å². The second kappa shape index (κ2) is 10.5. The molecular formula is C21H21N3O6S. The maximum Gasteiger partial charge on any atom is 0.339 e. The number of rotatable bonds is 8. The molecule has 1 heterocycles. The Morgan fingerprint density at radius 3 is 2.71 bits per heavy atom. The maximum absolute atomic E-state index is 12.5. The predicted octanol–water partition coefficient (Wildman–Crippen LogP) is 2.13. The van der Waals surface area contributed by atoms with Gasteiger partial charge < -0.3 is 20.1 Å². The van der Waals surface area contributed by atoms with Gasteiger partial charge in [-0.1, -0.05) is 18.2 Å². The Hall–Kier alpha value is -3.53. The fourth-order valence-electron chi connectivity index (χ4n) is 2.79. The van der Waals surface area contributed by atoms with Gasteiger partial charge in [-0.15, -0.1) is 11.8 Å². The Balaban J connectivity index is 1.55. The minimum absolute atomic E-state index is 0.0639. The van der Waals surface area contributed by atoms with Gasteiger partial charge in [0.05, 0.1) is 18.4 Å². The number of anilines is 1. The van der Waals surface area contributed by atoms with E-state index in [9.17, 15) is 19.2 Å². The van der Waals surface area contributed by atoms with E-state index in [0.717, 1.165) is 4.90 Å². The number of carbonyl (C=O) groups excluding carboxylic acids is 4. The number of hydrogen-bond acceptors (Lipinski definition) is 7. The van der Waals surface area contributed by atoms with Gasteiger partial charge in [0.15, 0.2) is 6.61 Å². The number of methoxy groups -OCH3 is 1. The van der Waals surface area contributed by atoms with Crippen molar-refractivity contribution >= 4 is 41.3 Å². The molecule has 0 unspecified atom stereocenters. The molecule has 31 heavy (non-hydrogen) atoms. The Kier molecular flexibility index (Phi) is 7.50. The number of urea groups is 1. The molecule has 0 radical (unpaired) electrons. The number of nitrogens with one attached hydrogen (secondary N) is 2. The van der Waals surface area contributed by atoms with Crippen LogP contribution >= 0.6 is 11.8 Å². The second-order valence-corrected chi connectivity index (χ2v) is 7.44. The molecule has 2 N–H and O–H groups in total. The van der Waals surface area contributed by atoms with Crippen molar-refractivity contribution in [1.82, 2.24) is 10.2 Å². The van der Waals surface area contributed by atoms with E-state index in [1.807, 2.05) is 0 Å². The molecule has 0 aliphatic carbocycles. The highest BCUT2D eigenvalue weighted by Crippen LogP contribution is 2.24. The van der Waals surface area contributed by atoms with Gasteiger partial charge in [0, 0.05) is 29.7 Å². The van der Waals surface area contributed by atoms with Crippen LogP contribution in [0.15, 0.2) is 53.4 Å². The standard InChI is InChI=1S/C21H21N3O6S/c1-29-15-6-4-5-14(11-15)23-18(25)13-31-17-8-3-2-7-16(17)20(27)30-12-19(26)24-10-9-22-21(24)28/h2-8,11H,9-10,12-13H2,1H3,(H,22,28)(H,23,25). The lowest BCUT2D eigenvalue weighted by Gasteiger charge is -2.13. The van der Waals surface area contributed by atoms with Crippen LogP contribution in [0.5, 0.6) is 5.75 Å². The van der Waals surface area contributed by atoms with Crippen molar-refractivity contribution in [3.05, 3.63) is 54.1 Å². The number of carbonyl (C=O) groups is 4. The SMILES string of the molecule is COc1cccc(NC(=O)CSc2ccccc2C(=O)OCC(=O)N2CCNC2=O)c1. The summed E-state index contributed by atoms with van der Waals surface area (Å²) < 4.78 is 10.2. The summed E-state index contributed by atoms with van der Waals surface area (Å²) in [7, 11) is 1.54. The lowest BCUT2D eigenvalue weighted by atomic mass is 10.2. The Bertz CT molecular complexity index is 997. The number of ether oxygens (including phenoxy) is 2. The van der Waals surface area contributed by atoms with Crippen molar-refractivity contribution in [3.63, 3.8) is 0 Å². The number of imide groups is 1. The molecule has 0 bridgehead atoms. The highest BCUT2D eigenvalue weighted by molar-refractivity contribution is 8.00. The van der Waals surface area contributed by atoms with Crippen LogP contribution in [0.4, 0.5) is 10.5 Å². The number of hydrogen-bond donors (Lipinski definition) is 2. The molecule has 0 aromatic heterocycles. The molecule has 162 valence electrons. The van der Waals surface area contributed by atoms with Crippen molar-refractivity contribution in [3.8, 4) is 5.75 Å². The first kappa shape index (κ1) is 22.2. The quantitative estimate of drug-likeness (QED) is 0.475. The topological polar surface area (TPSA) is 114 Å². The normalized spacial score (nSPS) is 12.8. The summed E-state index contributed by atoms with van der Waals surface area (Å²) in [5.41, 5.74) is 0.836. The number of benzene rings is 2. The molecule has 3 rings (SSSR count). The summed E-state index contributed by atoms with van der Waals surface area (Å²) in [4.78, 5) is 49.8. The molecule has 0 spiro atoms. The summed E-state index contributed by atoms with van der Waals surface area (Å²) in [6, 6.07) is 13.1. The number of nitrogens with zero attached hydrogens (tertiary/aromatic N) is 1. The molecule has 0 atom stereocenters. The van der Waals surface area contributed by atoms with Gasteiger partial charge in [0.2, 0.25) is 5.91 Å². The molecular weight excluding hydrogens is 422 g/mol. The average molecular weight is 443 g/mol. The number of thioether (sulfide) groups is 1. The van der Waals surface area contributed by atoms with Crippen molar-refractivity contribution in [2.24, 2.45) is 0 Å². The zero-order valence-electron chi connectivity index (χ0n) is 16.8. The lowest BCUT2D eigenvalue weighted by Crippen LogP contribution is -2.37. The van der Waals surface area contributed by atoms with Crippen molar-refractivity contribution in [2.75, 3.05) is 37.9 Å². The van der Waals surface area contributed by atoms with Gasteiger partial charge in [0.1, 0.15) is 5.75 Å². The highest BCUT2D eigenvalue weighted by Gasteiger charge is 2.27. The molecule has 4 amide bonds. The van der Waals surface area contributed by atoms with Gasteiger partial charge in [-0.05, 0) is 24.3 Å². The van der Waals surface area contributed by atoms with E-state index < -0.39 is 24.5 Å². The average Bonchev–Trinajstić information content (AvgIpc) is 3.22. The minimum atomic E-state index is -0.704. The predicted molar refractivity (Wildman–Crippen MR) is 114 cm³/mol. The van der Waals surface area contributed by atoms with E-state index in [-0.39, 0.29) is 23.8 Å². The van der Waals surface area contributed by atoms with Crippen LogP contribution in [-0.2, 0) is 14.3 Å². The Morgan fingerprint density at radius 2 is 1.97 bits per heavy atom. The minimum Gasteiger partial charge on any atom is -0.497 e. The summed E-state index contributed by atoms with van der Waals surface area (Å²) in [6.07, 6.45) is 0. The zero-order valence-corrected chi connectivity index (χ0v) is 17.6. The first-order valence-electron chi connectivity index (χ1n) is 9.39. The van der Waals surface area contributed by atoms with Crippen LogP contribution < -0.4 is 15.4 Å². The second-order valence-electron chi connectivity index (χ2n) is 6.42. The fourth-order valence-corrected chi connectivity index (χ4v) is 3.64. The molecule has 1 aliphatic heterocycles. The van der Waals surface area contributed by atoms with Gasteiger partial charge in [-0.25, -0.2) is 9.59 Å². The van der Waals surface area contributed by atoms with E-state index in [0.29, 0.717) is 22.9 Å². The van der Waals surface area contributed by atoms with Gasteiger partial charge in [-0.2, -0.15) is 0 Å².